The first-order valence-electron chi connectivity index (χ1n) is 4.06. The zero-order valence-electron chi connectivity index (χ0n) is 7.09. The van der Waals surface area contributed by atoms with Crippen LogP contribution in [-0.2, 0) is 9.53 Å². The largest absolute Gasteiger partial charge is 0.378 e. The maximum atomic E-state index is 11.4. The first kappa shape index (κ1) is 8.68. The summed E-state index contributed by atoms with van der Waals surface area (Å²) in [7, 11) is 0. The van der Waals surface area contributed by atoms with Crippen molar-refractivity contribution in [2.45, 2.75) is 19.9 Å². The highest BCUT2D eigenvalue weighted by atomic mass is 16.5. The van der Waals surface area contributed by atoms with Crippen molar-refractivity contribution >= 4 is 5.78 Å². The molecule has 1 rings (SSSR count). The zero-order valence-corrected chi connectivity index (χ0v) is 7.09. The molecule has 64 valence electrons. The molecule has 0 bridgehead atoms. The Labute approximate surface area is 67.1 Å². The normalized spacial score (nSPS) is 25.5. The highest BCUT2D eigenvalue weighted by molar-refractivity contribution is 5.85. The zero-order chi connectivity index (χ0) is 8.27. The molecule has 1 fully saturated rings. The number of nitrogens with one attached hydrogen (secondary N) is 1. The topological polar surface area (TPSA) is 38.3 Å². The lowest BCUT2D eigenvalue weighted by atomic mass is 10.0. The van der Waals surface area contributed by atoms with Gasteiger partial charge in [0.1, 0.15) is 0 Å². The van der Waals surface area contributed by atoms with Crippen LogP contribution in [0.4, 0.5) is 0 Å². The Balaban J connectivity index is 2.39. The third kappa shape index (κ3) is 2.27. The third-order valence-electron chi connectivity index (χ3n) is 1.83. The van der Waals surface area contributed by atoms with Crippen molar-refractivity contribution in [2.75, 3.05) is 19.8 Å². The van der Waals surface area contributed by atoms with Crippen LogP contribution in [0.2, 0.25) is 0 Å². The molecule has 1 heterocycles. The summed E-state index contributed by atoms with van der Waals surface area (Å²) in [6.45, 7) is 5.89. The van der Waals surface area contributed by atoms with Gasteiger partial charge >= 0.3 is 0 Å². The van der Waals surface area contributed by atoms with Gasteiger partial charge in [0.2, 0.25) is 0 Å². The lowest BCUT2D eigenvalue weighted by Gasteiger charge is -2.23. The lowest BCUT2D eigenvalue weighted by Crippen LogP contribution is -2.47. The molecule has 1 N–H and O–H groups in total. The van der Waals surface area contributed by atoms with E-state index >= 15 is 0 Å². The van der Waals surface area contributed by atoms with Gasteiger partial charge in [-0.1, -0.05) is 13.8 Å². The van der Waals surface area contributed by atoms with Crippen molar-refractivity contribution in [1.29, 1.82) is 0 Å². The fraction of sp³-hybridized carbons (Fsp3) is 0.875. The van der Waals surface area contributed by atoms with Crippen LogP contribution < -0.4 is 5.32 Å². The predicted octanol–water partition coefficient (Wildman–Crippen LogP) is 0.200. The van der Waals surface area contributed by atoms with E-state index in [0.717, 1.165) is 13.2 Å². The van der Waals surface area contributed by atoms with E-state index in [4.69, 9.17) is 4.74 Å². The molecule has 1 aliphatic heterocycles. The lowest BCUT2D eigenvalue weighted by molar-refractivity contribution is -0.126. The van der Waals surface area contributed by atoms with Gasteiger partial charge in [-0.15, -0.1) is 0 Å². The number of hydrogen-bond acceptors (Lipinski definition) is 3. The molecule has 1 saturated heterocycles. The standard InChI is InChI=1S/C8H15NO2/c1-6(2)8(10)7-5-11-4-3-9-7/h6-7,9H,3-5H2,1-2H3/t7-/m0/s1. The Morgan fingerprint density at radius 3 is 2.82 bits per heavy atom. The highest BCUT2D eigenvalue weighted by Crippen LogP contribution is 2.02. The average Bonchev–Trinajstić information content (AvgIpc) is 2.05. The second-order valence-electron chi connectivity index (χ2n) is 3.14. The molecule has 0 saturated carbocycles. The molecule has 3 nitrogen and oxygen atoms in total. The Morgan fingerprint density at radius 2 is 2.36 bits per heavy atom. The Morgan fingerprint density at radius 1 is 1.64 bits per heavy atom. The van der Waals surface area contributed by atoms with E-state index in [-0.39, 0.29) is 17.7 Å². The minimum Gasteiger partial charge on any atom is -0.378 e. The summed E-state index contributed by atoms with van der Waals surface area (Å²) >= 11 is 0. The van der Waals surface area contributed by atoms with E-state index in [1.54, 1.807) is 0 Å². The van der Waals surface area contributed by atoms with Crippen LogP contribution in [0.3, 0.4) is 0 Å². The maximum absolute atomic E-state index is 11.4. The Hall–Kier alpha value is -0.410. The quantitative estimate of drug-likeness (QED) is 0.622. The van der Waals surface area contributed by atoms with Gasteiger partial charge in [-0.3, -0.25) is 4.79 Å². The van der Waals surface area contributed by atoms with Gasteiger partial charge in [0.15, 0.2) is 5.78 Å². The molecule has 11 heavy (non-hydrogen) atoms. The predicted molar refractivity (Wildman–Crippen MR) is 42.5 cm³/mol. The van der Waals surface area contributed by atoms with Gasteiger partial charge < -0.3 is 10.1 Å². The number of rotatable bonds is 2. The van der Waals surface area contributed by atoms with E-state index < -0.39 is 0 Å². The Kier molecular flexibility index (Phi) is 3.02. The Bertz CT molecular complexity index is 139. The number of morpholine rings is 1. The van der Waals surface area contributed by atoms with Crippen molar-refractivity contribution in [3.05, 3.63) is 0 Å². The van der Waals surface area contributed by atoms with Crippen molar-refractivity contribution in [3.8, 4) is 0 Å². The van der Waals surface area contributed by atoms with E-state index in [0.29, 0.717) is 6.61 Å². The number of carbonyl (C=O) groups excluding carboxylic acids is 1. The second-order valence-corrected chi connectivity index (χ2v) is 3.14. The molecule has 1 aliphatic rings. The first-order valence-corrected chi connectivity index (χ1v) is 4.06. The number of hydrogen-bond donors (Lipinski definition) is 1. The fourth-order valence-corrected chi connectivity index (χ4v) is 1.15. The van der Waals surface area contributed by atoms with Gasteiger partial charge in [-0.2, -0.15) is 0 Å². The van der Waals surface area contributed by atoms with E-state index in [9.17, 15) is 4.79 Å². The van der Waals surface area contributed by atoms with Crippen LogP contribution in [0.5, 0.6) is 0 Å². The summed E-state index contributed by atoms with van der Waals surface area (Å²) in [6, 6.07) is -0.0660. The molecule has 0 radical (unpaired) electrons. The number of carbonyl (C=O) groups is 1. The summed E-state index contributed by atoms with van der Waals surface area (Å²) in [5, 5.41) is 3.13. The first-order chi connectivity index (χ1) is 5.22. The molecule has 0 spiro atoms. The SMILES string of the molecule is CC(C)C(=O)[C@@H]1COCCN1. The maximum Gasteiger partial charge on any atom is 0.154 e. The summed E-state index contributed by atoms with van der Waals surface area (Å²) < 4.78 is 5.17. The second kappa shape index (κ2) is 3.83. The van der Waals surface area contributed by atoms with Crippen LogP contribution in [-0.4, -0.2) is 31.6 Å². The molecular weight excluding hydrogens is 142 g/mol. The third-order valence-corrected chi connectivity index (χ3v) is 1.83. The smallest absolute Gasteiger partial charge is 0.154 e. The van der Waals surface area contributed by atoms with Crippen LogP contribution in [0.25, 0.3) is 0 Å². The summed E-state index contributed by atoms with van der Waals surface area (Å²) in [4.78, 5) is 11.4. The van der Waals surface area contributed by atoms with E-state index in [2.05, 4.69) is 5.32 Å². The fourth-order valence-electron chi connectivity index (χ4n) is 1.15. The molecule has 0 amide bonds. The molecule has 0 aromatic rings. The van der Waals surface area contributed by atoms with Crippen molar-refractivity contribution in [1.82, 2.24) is 5.32 Å². The van der Waals surface area contributed by atoms with Crippen LogP contribution in [0.15, 0.2) is 0 Å². The van der Waals surface area contributed by atoms with Gasteiger partial charge in [-0.05, 0) is 0 Å². The van der Waals surface area contributed by atoms with Gasteiger partial charge in [-0.25, -0.2) is 0 Å². The minimum absolute atomic E-state index is 0.0660. The van der Waals surface area contributed by atoms with Crippen LogP contribution >= 0.6 is 0 Å². The molecule has 0 aromatic heterocycles. The molecule has 3 heteroatoms. The minimum atomic E-state index is -0.0660. The molecule has 0 aromatic carbocycles. The summed E-state index contributed by atoms with van der Waals surface area (Å²) in [5.74, 6) is 0.360. The van der Waals surface area contributed by atoms with Crippen LogP contribution in [0, 0.1) is 5.92 Å². The van der Waals surface area contributed by atoms with Crippen molar-refractivity contribution in [2.24, 2.45) is 5.92 Å². The highest BCUT2D eigenvalue weighted by Gasteiger charge is 2.22. The number of ether oxygens (including phenoxy) is 1. The monoisotopic (exact) mass is 157 g/mol. The molecular formula is C8H15NO2. The average molecular weight is 157 g/mol. The van der Waals surface area contributed by atoms with Gasteiger partial charge in [0.05, 0.1) is 19.3 Å². The van der Waals surface area contributed by atoms with Crippen LogP contribution in [0.1, 0.15) is 13.8 Å². The molecule has 1 atom stereocenters. The van der Waals surface area contributed by atoms with Gasteiger partial charge in [0.25, 0.3) is 0 Å². The molecule has 0 unspecified atom stereocenters. The van der Waals surface area contributed by atoms with Crippen molar-refractivity contribution < 1.29 is 9.53 Å². The molecule has 0 aliphatic carbocycles. The van der Waals surface area contributed by atoms with Gasteiger partial charge in [0, 0.05) is 12.5 Å². The summed E-state index contributed by atoms with van der Waals surface area (Å²) in [6.07, 6.45) is 0. The number of ketones is 1. The summed E-state index contributed by atoms with van der Waals surface area (Å²) in [5.41, 5.74) is 0. The van der Waals surface area contributed by atoms with Crippen molar-refractivity contribution in [3.63, 3.8) is 0 Å². The van der Waals surface area contributed by atoms with E-state index in [1.165, 1.54) is 0 Å². The number of Topliss-reactive ketones (excluding diaryl/α,β-unsaturated/α-hetero) is 1. The van der Waals surface area contributed by atoms with E-state index in [1.807, 2.05) is 13.8 Å².